The van der Waals surface area contributed by atoms with Crippen molar-refractivity contribution in [2.45, 2.75) is 45.3 Å². The van der Waals surface area contributed by atoms with Gasteiger partial charge in [-0.1, -0.05) is 25.5 Å². The van der Waals surface area contributed by atoms with Crippen LogP contribution in [-0.4, -0.2) is 18.8 Å². The molecule has 1 rings (SSSR count). The van der Waals surface area contributed by atoms with Gasteiger partial charge in [-0.3, -0.25) is 11.3 Å². The standard InChI is InChI=1S/C14H23IN2O/c1-3-5-14(18-4-2)13(17-16)10-11-6-8-12(15)9-7-11/h6-9,13-14,17H,3-5,10,16H2,1-2H3. The summed E-state index contributed by atoms with van der Waals surface area (Å²) in [7, 11) is 0. The Bertz CT molecular complexity index is 323. The van der Waals surface area contributed by atoms with E-state index in [0.29, 0.717) is 0 Å². The Labute approximate surface area is 124 Å². The molecule has 0 bridgehead atoms. The van der Waals surface area contributed by atoms with Crippen LogP contribution in [0, 0.1) is 3.57 Å². The summed E-state index contributed by atoms with van der Waals surface area (Å²) >= 11 is 2.31. The van der Waals surface area contributed by atoms with Crippen molar-refractivity contribution in [2.24, 2.45) is 5.84 Å². The lowest BCUT2D eigenvalue weighted by atomic mass is 9.99. The molecule has 0 saturated carbocycles. The maximum Gasteiger partial charge on any atom is 0.0744 e. The van der Waals surface area contributed by atoms with Gasteiger partial charge < -0.3 is 4.74 Å². The average Bonchev–Trinajstić information content (AvgIpc) is 2.38. The molecule has 2 unspecified atom stereocenters. The van der Waals surface area contributed by atoms with Gasteiger partial charge in [0.25, 0.3) is 0 Å². The predicted molar refractivity (Wildman–Crippen MR) is 84.3 cm³/mol. The maximum absolute atomic E-state index is 5.79. The van der Waals surface area contributed by atoms with Gasteiger partial charge in [0.15, 0.2) is 0 Å². The van der Waals surface area contributed by atoms with E-state index in [1.165, 1.54) is 9.13 Å². The van der Waals surface area contributed by atoms with E-state index in [4.69, 9.17) is 10.6 Å². The van der Waals surface area contributed by atoms with Gasteiger partial charge in [-0.15, -0.1) is 0 Å². The summed E-state index contributed by atoms with van der Waals surface area (Å²) in [4.78, 5) is 0. The molecule has 0 spiro atoms. The lowest BCUT2D eigenvalue weighted by Crippen LogP contribution is -2.46. The highest BCUT2D eigenvalue weighted by Gasteiger charge is 2.20. The zero-order valence-electron chi connectivity index (χ0n) is 11.2. The van der Waals surface area contributed by atoms with Gasteiger partial charge in [-0.05, 0) is 60.1 Å². The fourth-order valence-corrected chi connectivity index (χ4v) is 2.43. The van der Waals surface area contributed by atoms with E-state index < -0.39 is 0 Å². The Kier molecular flexibility index (Phi) is 7.81. The van der Waals surface area contributed by atoms with Crippen LogP contribution >= 0.6 is 22.6 Å². The summed E-state index contributed by atoms with van der Waals surface area (Å²) in [5, 5.41) is 0. The summed E-state index contributed by atoms with van der Waals surface area (Å²) in [6.45, 7) is 4.93. The second kappa shape index (κ2) is 8.85. The third-order valence-corrected chi connectivity index (χ3v) is 3.70. The maximum atomic E-state index is 5.79. The zero-order chi connectivity index (χ0) is 13.4. The second-order valence-electron chi connectivity index (χ2n) is 4.39. The van der Waals surface area contributed by atoms with Gasteiger partial charge in [-0.2, -0.15) is 0 Å². The Morgan fingerprint density at radius 1 is 1.28 bits per heavy atom. The molecule has 3 nitrogen and oxygen atoms in total. The third kappa shape index (κ3) is 5.22. The molecular formula is C14H23IN2O. The minimum Gasteiger partial charge on any atom is -0.377 e. The molecule has 0 fully saturated rings. The van der Waals surface area contributed by atoms with Crippen molar-refractivity contribution in [3.05, 3.63) is 33.4 Å². The fourth-order valence-electron chi connectivity index (χ4n) is 2.07. The van der Waals surface area contributed by atoms with E-state index in [9.17, 15) is 0 Å². The summed E-state index contributed by atoms with van der Waals surface area (Å²) in [5.74, 6) is 5.68. The number of hydrazine groups is 1. The molecule has 2 atom stereocenters. The molecule has 0 aliphatic heterocycles. The monoisotopic (exact) mass is 362 g/mol. The van der Waals surface area contributed by atoms with Crippen molar-refractivity contribution < 1.29 is 4.74 Å². The van der Waals surface area contributed by atoms with Crippen LogP contribution in [-0.2, 0) is 11.2 Å². The molecule has 0 aromatic heterocycles. The van der Waals surface area contributed by atoms with E-state index in [-0.39, 0.29) is 12.1 Å². The molecule has 0 saturated heterocycles. The Hall–Kier alpha value is -0.170. The van der Waals surface area contributed by atoms with E-state index in [2.05, 4.69) is 59.2 Å². The molecule has 1 aromatic rings. The number of rotatable bonds is 8. The van der Waals surface area contributed by atoms with Gasteiger partial charge in [0.05, 0.1) is 12.1 Å². The fraction of sp³-hybridized carbons (Fsp3) is 0.571. The largest absolute Gasteiger partial charge is 0.377 e. The van der Waals surface area contributed by atoms with Gasteiger partial charge in [-0.25, -0.2) is 0 Å². The van der Waals surface area contributed by atoms with Crippen molar-refractivity contribution in [1.82, 2.24) is 5.43 Å². The highest BCUT2D eigenvalue weighted by atomic mass is 127. The summed E-state index contributed by atoms with van der Waals surface area (Å²) < 4.78 is 7.04. The van der Waals surface area contributed by atoms with Crippen LogP contribution in [0.25, 0.3) is 0 Å². The van der Waals surface area contributed by atoms with Crippen LogP contribution in [0.4, 0.5) is 0 Å². The lowest BCUT2D eigenvalue weighted by Gasteiger charge is -2.26. The van der Waals surface area contributed by atoms with E-state index in [1.54, 1.807) is 0 Å². The molecule has 4 heteroatoms. The molecular weight excluding hydrogens is 339 g/mol. The van der Waals surface area contributed by atoms with E-state index in [0.717, 1.165) is 25.9 Å². The first-order valence-electron chi connectivity index (χ1n) is 6.53. The normalized spacial score (nSPS) is 14.4. The molecule has 0 radical (unpaired) electrons. The molecule has 0 heterocycles. The summed E-state index contributed by atoms with van der Waals surface area (Å²) in [6.07, 6.45) is 3.23. The van der Waals surface area contributed by atoms with Crippen molar-refractivity contribution in [3.63, 3.8) is 0 Å². The van der Waals surface area contributed by atoms with Crippen LogP contribution in [0.5, 0.6) is 0 Å². The van der Waals surface area contributed by atoms with Gasteiger partial charge in [0, 0.05) is 10.2 Å². The third-order valence-electron chi connectivity index (χ3n) is 2.99. The smallest absolute Gasteiger partial charge is 0.0744 e. The first-order chi connectivity index (χ1) is 8.71. The highest BCUT2D eigenvalue weighted by molar-refractivity contribution is 14.1. The first kappa shape index (κ1) is 15.9. The number of hydrogen-bond donors (Lipinski definition) is 2. The number of benzene rings is 1. The van der Waals surface area contributed by atoms with Crippen molar-refractivity contribution in [1.29, 1.82) is 0 Å². The second-order valence-corrected chi connectivity index (χ2v) is 5.63. The molecule has 1 aromatic carbocycles. The zero-order valence-corrected chi connectivity index (χ0v) is 13.3. The molecule has 18 heavy (non-hydrogen) atoms. The van der Waals surface area contributed by atoms with Crippen LogP contribution in [0.3, 0.4) is 0 Å². The number of hydrogen-bond acceptors (Lipinski definition) is 3. The Morgan fingerprint density at radius 3 is 2.44 bits per heavy atom. The minimum absolute atomic E-state index is 0.171. The van der Waals surface area contributed by atoms with Crippen LogP contribution < -0.4 is 11.3 Å². The summed E-state index contributed by atoms with van der Waals surface area (Å²) in [6, 6.07) is 8.73. The Morgan fingerprint density at radius 2 is 1.94 bits per heavy atom. The van der Waals surface area contributed by atoms with E-state index >= 15 is 0 Å². The average molecular weight is 362 g/mol. The Balaban J connectivity index is 2.66. The SMILES string of the molecule is CCCC(OCC)C(Cc1ccc(I)cc1)NN. The van der Waals surface area contributed by atoms with Crippen LogP contribution in [0.2, 0.25) is 0 Å². The minimum atomic E-state index is 0.171. The van der Waals surface area contributed by atoms with Crippen LogP contribution in [0.1, 0.15) is 32.3 Å². The molecule has 0 amide bonds. The highest BCUT2D eigenvalue weighted by Crippen LogP contribution is 2.14. The molecule has 0 aliphatic carbocycles. The quantitative estimate of drug-likeness (QED) is 0.425. The number of nitrogens with two attached hydrogens (primary N) is 1. The predicted octanol–water partition coefficient (Wildman–Crippen LogP) is 2.87. The van der Waals surface area contributed by atoms with Gasteiger partial charge >= 0.3 is 0 Å². The van der Waals surface area contributed by atoms with Crippen molar-refractivity contribution in [3.8, 4) is 0 Å². The van der Waals surface area contributed by atoms with Gasteiger partial charge in [0.2, 0.25) is 0 Å². The number of nitrogens with one attached hydrogen (secondary N) is 1. The van der Waals surface area contributed by atoms with Crippen molar-refractivity contribution >= 4 is 22.6 Å². The number of halogens is 1. The number of ether oxygens (including phenoxy) is 1. The first-order valence-corrected chi connectivity index (χ1v) is 7.61. The van der Waals surface area contributed by atoms with E-state index in [1.807, 2.05) is 6.92 Å². The topological polar surface area (TPSA) is 47.3 Å². The summed E-state index contributed by atoms with van der Waals surface area (Å²) in [5.41, 5.74) is 4.20. The lowest BCUT2D eigenvalue weighted by molar-refractivity contribution is 0.0281. The van der Waals surface area contributed by atoms with Crippen LogP contribution in [0.15, 0.2) is 24.3 Å². The molecule has 102 valence electrons. The van der Waals surface area contributed by atoms with Gasteiger partial charge in [0.1, 0.15) is 0 Å². The molecule has 3 N–H and O–H groups in total. The molecule has 0 aliphatic rings. The van der Waals surface area contributed by atoms with Crippen molar-refractivity contribution in [2.75, 3.05) is 6.61 Å².